The summed E-state index contributed by atoms with van der Waals surface area (Å²) in [6.45, 7) is 9.84. The molecular weight excluding hydrogens is 567 g/mol. The second kappa shape index (κ2) is 9.17. The first-order valence-corrected chi connectivity index (χ1v) is 16.8. The molecule has 0 N–H and O–H groups in total. The number of nitrogens with zero attached hydrogens (tertiary/aromatic N) is 2. The number of anilines is 3. The molecule has 47 heavy (non-hydrogen) atoms. The van der Waals surface area contributed by atoms with E-state index in [-0.39, 0.29) is 17.5 Å². The van der Waals surface area contributed by atoms with Gasteiger partial charge in [0, 0.05) is 50.0 Å². The standard InChI is InChI=1S/C44H35BN2/c1-43(2)34-23-13-14-24-36(34)45-37-25-15-21-32-39-42(31-20-11-12-22-33(31)44(39,3)4)47(41(32)37)38-27-30(26-35(43)40(38)45)46(28-16-7-5-8-17-28)29-18-9-6-10-19-29/h5-27H,1-4H3. The molecule has 0 atom stereocenters. The van der Waals surface area contributed by atoms with Gasteiger partial charge in [0.05, 0.1) is 5.69 Å². The zero-order valence-corrected chi connectivity index (χ0v) is 27.3. The van der Waals surface area contributed by atoms with Crippen LogP contribution in [0.3, 0.4) is 0 Å². The summed E-state index contributed by atoms with van der Waals surface area (Å²) in [7, 11) is 0. The van der Waals surface area contributed by atoms with Gasteiger partial charge in [-0.15, -0.1) is 0 Å². The van der Waals surface area contributed by atoms with Gasteiger partial charge < -0.3 is 9.47 Å². The largest absolute Gasteiger partial charge is 0.310 e. The lowest BCUT2D eigenvalue weighted by atomic mass is 9.30. The van der Waals surface area contributed by atoms with Crippen molar-refractivity contribution in [3.05, 3.63) is 162 Å². The topological polar surface area (TPSA) is 8.17 Å². The zero-order chi connectivity index (χ0) is 31.7. The third-order valence-electron chi connectivity index (χ3n) is 11.4. The number of aromatic nitrogens is 1. The van der Waals surface area contributed by atoms with E-state index in [1.54, 1.807) is 0 Å². The maximum Gasteiger partial charge on any atom is 0.247 e. The Balaban J connectivity index is 1.39. The number of para-hydroxylation sites is 3. The Labute approximate surface area is 277 Å². The van der Waals surface area contributed by atoms with E-state index >= 15 is 0 Å². The zero-order valence-electron chi connectivity index (χ0n) is 27.3. The minimum Gasteiger partial charge on any atom is -0.310 e. The molecule has 3 aliphatic rings. The predicted molar refractivity (Wildman–Crippen MR) is 199 cm³/mol. The summed E-state index contributed by atoms with van der Waals surface area (Å²) in [6, 6.07) is 52.0. The number of fused-ring (bicyclic) bond motifs is 9. The maximum absolute atomic E-state index is 2.66. The fraction of sp³-hybridized carbons (Fsp3) is 0.136. The lowest BCUT2D eigenvalue weighted by Crippen LogP contribution is -2.63. The third kappa shape index (κ3) is 3.36. The third-order valence-corrected chi connectivity index (χ3v) is 11.4. The molecule has 3 heteroatoms. The first-order chi connectivity index (χ1) is 22.9. The number of benzene rings is 6. The van der Waals surface area contributed by atoms with E-state index in [0.29, 0.717) is 0 Å². The molecule has 224 valence electrons. The monoisotopic (exact) mass is 602 g/mol. The van der Waals surface area contributed by atoms with E-state index in [1.807, 2.05) is 0 Å². The quantitative estimate of drug-likeness (QED) is 0.184. The number of hydrogen-bond donors (Lipinski definition) is 0. The van der Waals surface area contributed by atoms with E-state index in [9.17, 15) is 0 Å². The molecule has 1 aliphatic carbocycles. The van der Waals surface area contributed by atoms with Crippen molar-refractivity contribution in [1.82, 2.24) is 4.57 Å². The molecule has 0 radical (unpaired) electrons. The van der Waals surface area contributed by atoms with Crippen LogP contribution in [0, 0.1) is 0 Å². The molecule has 6 aromatic carbocycles. The second-order valence-corrected chi connectivity index (χ2v) is 14.6. The van der Waals surface area contributed by atoms with Gasteiger partial charge >= 0.3 is 0 Å². The van der Waals surface area contributed by atoms with Crippen molar-refractivity contribution in [2.75, 3.05) is 4.90 Å². The Bertz CT molecular complexity index is 2380. The molecule has 0 saturated carbocycles. The highest BCUT2D eigenvalue weighted by Gasteiger charge is 2.48. The predicted octanol–water partition coefficient (Wildman–Crippen LogP) is 8.88. The second-order valence-electron chi connectivity index (χ2n) is 14.6. The van der Waals surface area contributed by atoms with E-state index < -0.39 is 0 Å². The van der Waals surface area contributed by atoms with Crippen LogP contribution in [0.5, 0.6) is 0 Å². The van der Waals surface area contributed by atoms with E-state index in [4.69, 9.17) is 0 Å². The fourth-order valence-corrected chi connectivity index (χ4v) is 9.40. The smallest absolute Gasteiger partial charge is 0.247 e. The highest BCUT2D eigenvalue weighted by molar-refractivity contribution is 6.99. The van der Waals surface area contributed by atoms with Gasteiger partial charge in [-0.1, -0.05) is 136 Å². The minimum absolute atomic E-state index is 0.105. The van der Waals surface area contributed by atoms with Crippen molar-refractivity contribution in [3.8, 4) is 16.9 Å². The van der Waals surface area contributed by atoms with Crippen LogP contribution >= 0.6 is 0 Å². The van der Waals surface area contributed by atoms with Crippen LogP contribution in [0.1, 0.15) is 49.9 Å². The van der Waals surface area contributed by atoms with Gasteiger partial charge in [0.2, 0.25) is 6.71 Å². The number of rotatable bonds is 3. The van der Waals surface area contributed by atoms with Crippen LogP contribution in [0.25, 0.3) is 27.8 Å². The lowest BCUT2D eigenvalue weighted by Gasteiger charge is -2.43. The van der Waals surface area contributed by atoms with Crippen molar-refractivity contribution < 1.29 is 0 Å². The summed E-state index contributed by atoms with van der Waals surface area (Å²) in [5, 5.41) is 1.38. The molecule has 2 nitrogen and oxygen atoms in total. The van der Waals surface area contributed by atoms with Crippen LogP contribution in [-0.4, -0.2) is 11.3 Å². The van der Waals surface area contributed by atoms with Crippen LogP contribution in [0.15, 0.2) is 140 Å². The molecule has 0 spiro atoms. The van der Waals surface area contributed by atoms with Crippen molar-refractivity contribution in [1.29, 1.82) is 0 Å². The number of hydrogen-bond acceptors (Lipinski definition) is 1. The summed E-state index contributed by atoms with van der Waals surface area (Å²) < 4.78 is 2.66. The van der Waals surface area contributed by atoms with Crippen LogP contribution in [-0.2, 0) is 10.8 Å². The van der Waals surface area contributed by atoms with Gasteiger partial charge in [0.1, 0.15) is 0 Å². The molecule has 10 rings (SSSR count). The molecule has 7 aromatic rings. The van der Waals surface area contributed by atoms with Crippen LogP contribution in [0.2, 0.25) is 0 Å². The van der Waals surface area contributed by atoms with Crippen LogP contribution < -0.4 is 21.3 Å². The summed E-state index contributed by atoms with van der Waals surface area (Å²) in [5.41, 5.74) is 18.5. The Kier molecular flexibility index (Phi) is 5.25. The SMILES string of the molecule is CC1(C)c2ccccc2B2c3c(cc(N(c4ccccc4)c4ccccc4)cc31)-n1c3c(c4cccc2c41)C(C)(C)c1ccccc1-3. The Morgan fingerprint density at radius 1 is 0.532 bits per heavy atom. The van der Waals surface area contributed by atoms with Gasteiger partial charge in [-0.3, -0.25) is 0 Å². The Morgan fingerprint density at radius 3 is 1.87 bits per heavy atom. The van der Waals surface area contributed by atoms with Crippen molar-refractivity contribution in [2.24, 2.45) is 0 Å². The van der Waals surface area contributed by atoms with Crippen molar-refractivity contribution >= 4 is 51.1 Å². The maximum atomic E-state index is 2.66. The fourth-order valence-electron chi connectivity index (χ4n) is 9.40. The molecule has 0 amide bonds. The van der Waals surface area contributed by atoms with Gasteiger partial charge in [0.25, 0.3) is 0 Å². The van der Waals surface area contributed by atoms with E-state index in [2.05, 4.69) is 177 Å². The lowest BCUT2D eigenvalue weighted by molar-refractivity contribution is 0.645. The van der Waals surface area contributed by atoms with Gasteiger partial charge in [-0.05, 0) is 69.6 Å². The molecular formula is C44H35BN2. The highest BCUT2D eigenvalue weighted by Crippen LogP contribution is 2.54. The first kappa shape index (κ1) is 26.9. The average molecular weight is 603 g/mol. The average Bonchev–Trinajstić information content (AvgIpc) is 3.57. The van der Waals surface area contributed by atoms with Gasteiger partial charge in [-0.2, -0.15) is 0 Å². The molecule has 0 bridgehead atoms. The molecule has 0 unspecified atom stereocenters. The van der Waals surface area contributed by atoms with E-state index in [1.165, 1.54) is 72.2 Å². The molecule has 0 saturated heterocycles. The van der Waals surface area contributed by atoms with E-state index in [0.717, 1.165) is 11.4 Å². The summed E-state index contributed by atoms with van der Waals surface area (Å²) >= 11 is 0. The molecule has 0 fully saturated rings. The minimum atomic E-state index is -0.189. The summed E-state index contributed by atoms with van der Waals surface area (Å²) in [5.74, 6) is 0. The molecule has 1 aromatic heterocycles. The molecule has 3 heterocycles. The van der Waals surface area contributed by atoms with Gasteiger partial charge in [0.15, 0.2) is 0 Å². The van der Waals surface area contributed by atoms with Crippen molar-refractivity contribution in [3.63, 3.8) is 0 Å². The Hall–Kier alpha value is -5.28. The highest BCUT2D eigenvalue weighted by atomic mass is 15.1. The first-order valence-electron chi connectivity index (χ1n) is 16.8. The Morgan fingerprint density at radius 2 is 1.15 bits per heavy atom. The summed E-state index contributed by atoms with van der Waals surface area (Å²) in [4.78, 5) is 2.43. The van der Waals surface area contributed by atoms with Gasteiger partial charge in [-0.25, -0.2) is 0 Å². The molecule has 2 aliphatic heterocycles. The normalized spacial score (nSPS) is 15.5. The van der Waals surface area contributed by atoms with Crippen molar-refractivity contribution in [2.45, 2.75) is 38.5 Å². The van der Waals surface area contributed by atoms with Crippen LogP contribution in [0.4, 0.5) is 17.1 Å². The summed E-state index contributed by atoms with van der Waals surface area (Å²) in [6.07, 6.45) is 0.